The molecule has 0 aliphatic heterocycles. The number of carboxylic acids is 1. The highest BCUT2D eigenvalue weighted by atomic mass is 16.5. The molecule has 1 aromatic carbocycles. The van der Waals surface area contributed by atoms with Crippen LogP contribution in [0, 0.1) is 0 Å². The predicted molar refractivity (Wildman–Crippen MR) is 73.1 cm³/mol. The van der Waals surface area contributed by atoms with Gasteiger partial charge in [-0.25, -0.2) is 9.59 Å². The maximum absolute atomic E-state index is 12.0. The van der Waals surface area contributed by atoms with Crippen molar-refractivity contribution < 1.29 is 24.5 Å². The van der Waals surface area contributed by atoms with Crippen LogP contribution in [-0.4, -0.2) is 49.0 Å². The highest BCUT2D eigenvalue weighted by Gasteiger charge is 2.21. The number of methoxy groups -OCH3 is 1. The number of hydrogen-bond donors (Lipinski definition) is 3. The number of hydrogen-bond acceptors (Lipinski definition) is 4. The Morgan fingerprint density at radius 3 is 2.70 bits per heavy atom. The maximum atomic E-state index is 12.0. The van der Waals surface area contributed by atoms with Crippen molar-refractivity contribution in [3.8, 4) is 5.75 Å². The van der Waals surface area contributed by atoms with E-state index in [1.54, 1.807) is 24.3 Å². The Morgan fingerprint density at radius 1 is 1.45 bits per heavy atom. The lowest BCUT2D eigenvalue weighted by molar-refractivity contribution is -0.139. The Hall–Kier alpha value is -2.28. The van der Waals surface area contributed by atoms with Gasteiger partial charge >= 0.3 is 12.0 Å². The van der Waals surface area contributed by atoms with Crippen LogP contribution in [-0.2, 0) is 4.79 Å². The Morgan fingerprint density at radius 2 is 2.15 bits per heavy atom. The number of benzene rings is 1. The summed E-state index contributed by atoms with van der Waals surface area (Å²) in [5.41, 5.74) is 0.565. The van der Waals surface area contributed by atoms with E-state index in [4.69, 9.17) is 14.9 Å². The molecule has 0 aromatic heterocycles. The summed E-state index contributed by atoms with van der Waals surface area (Å²) in [5, 5.41) is 20.0. The quantitative estimate of drug-likeness (QED) is 0.712. The Kier molecular flexibility index (Phi) is 5.79. The molecule has 0 unspecified atom stereocenters. The number of nitrogens with zero attached hydrogens (tertiary/aromatic N) is 1. The number of carbonyl (C=O) groups excluding carboxylic acids is 1. The molecule has 20 heavy (non-hydrogen) atoms. The zero-order chi connectivity index (χ0) is 15.1. The minimum Gasteiger partial charge on any atom is -0.497 e. The van der Waals surface area contributed by atoms with E-state index in [-0.39, 0.29) is 13.0 Å². The highest BCUT2D eigenvalue weighted by Crippen LogP contribution is 2.19. The van der Waals surface area contributed by atoms with Gasteiger partial charge in [0.2, 0.25) is 0 Å². The summed E-state index contributed by atoms with van der Waals surface area (Å²) in [4.78, 5) is 24.2. The Bertz CT molecular complexity index is 478. The number of ether oxygens (including phenoxy) is 1. The van der Waals surface area contributed by atoms with E-state index in [0.717, 1.165) is 0 Å². The van der Waals surface area contributed by atoms with Crippen molar-refractivity contribution in [3.63, 3.8) is 0 Å². The first-order valence-electron chi connectivity index (χ1n) is 6.01. The summed E-state index contributed by atoms with van der Waals surface area (Å²) < 4.78 is 5.06. The molecule has 3 N–H and O–H groups in total. The van der Waals surface area contributed by atoms with E-state index in [9.17, 15) is 9.59 Å². The molecule has 1 aromatic rings. The van der Waals surface area contributed by atoms with Crippen LogP contribution in [0.25, 0.3) is 0 Å². The number of rotatable bonds is 6. The maximum Gasteiger partial charge on any atom is 0.326 e. The van der Waals surface area contributed by atoms with Crippen molar-refractivity contribution in [3.05, 3.63) is 24.3 Å². The number of anilines is 1. The van der Waals surface area contributed by atoms with Crippen molar-refractivity contribution in [2.24, 2.45) is 0 Å². The van der Waals surface area contributed by atoms with Gasteiger partial charge in [0.15, 0.2) is 0 Å². The van der Waals surface area contributed by atoms with Crippen LogP contribution in [0.15, 0.2) is 24.3 Å². The summed E-state index contributed by atoms with van der Waals surface area (Å²) in [6, 6.07) is 5.12. The lowest BCUT2D eigenvalue weighted by Crippen LogP contribution is -2.47. The number of nitrogens with one attached hydrogen (secondary N) is 1. The highest BCUT2D eigenvalue weighted by molar-refractivity contribution is 5.94. The van der Waals surface area contributed by atoms with Crippen LogP contribution in [0.4, 0.5) is 10.5 Å². The first-order valence-corrected chi connectivity index (χ1v) is 6.01. The summed E-state index contributed by atoms with van der Waals surface area (Å²) in [6.07, 6.45) is -0.0486. The van der Waals surface area contributed by atoms with Gasteiger partial charge < -0.3 is 20.3 Å². The van der Waals surface area contributed by atoms with Gasteiger partial charge in [0, 0.05) is 31.8 Å². The second-order valence-electron chi connectivity index (χ2n) is 4.11. The van der Waals surface area contributed by atoms with Gasteiger partial charge in [-0.3, -0.25) is 4.90 Å². The molecule has 0 saturated carbocycles. The van der Waals surface area contributed by atoms with Crippen LogP contribution >= 0.6 is 0 Å². The van der Waals surface area contributed by atoms with Crippen molar-refractivity contribution in [1.29, 1.82) is 0 Å². The molecule has 0 fully saturated rings. The summed E-state index contributed by atoms with van der Waals surface area (Å²) in [6.45, 7) is -0.319. The van der Waals surface area contributed by atoms with Gasteiger partial charge in [-0.1, -0.05) is 6.07 Å². The van der Waals surface area contributed by atoms with E-state index in [2.05, 4.69) is 5.32 Å². The van der Waals surface area contributed by atoms with E-state index in [1.807, 2.05) is 0 Å². The number of aliphatic hydroxyl groups excluding tert-OH is 1. The predicted octanol–water partition coefficient (Wildman–Crippen LogP) is 0.677. The normalized spacial score (nSPS) is 11.6. The lowest BCUT2D eigenvalue weighted by Gasteiger charge is -2.21. The van der Waals surface area contributed by atoms with Crippen molar-refractivity contribution in [2.75, 3.05) is 25.7 Å². The average molecular weight is 282 g/mol. The lowest BCUT2D eigenvalue weighted by atomic mass is 10.2. The second-order valence-corrected chi connectivity index (χ2v) is 4.11. The third-order valence-corrected chi connectivity index (χ3v) is 2.76. The zero-order valence-electron chi connectivity index (χ0n) is 11.4. The first-order chi connectivity index (χ1) is 9.49. The molecule has 0 heterocycles. The topological polar surface area (TPSA) is 99.1 Å². The van der Waals surface area contributed by atoms with E-state index in [1.165, 1.54) is 19.1 Å². The zero-order valence-corrected chi connectivity index (χ0v) is 11.4. The number of aliphatic carboxylic acids is 1. The van der Waals surface area contributed by atoms with E-state index >= 15 is 0 Å². The number of carboxylic acid groups (broad SMARTS) is 1. The van der Waals surface area contributed by atoms with E-state index < -0.39 is 18.0 Å². The monoisotopic (exact) mass is 282 g/mol. The molecule has 0 spiro atoms. The molecule has 7 nitrogen and oxygen atoms in total. The van der Waals surface area contributed by atoms with Crippen molar-refractivity contribution in [2.45, 2.75) is 12.5 Å². The molecule has 0 bridgehead atoms. The second kappa shape index (κ2) is 7.34. The van der Waals surface area contributed by atoms with Crippen LogP contribution in [0.2, 0.25) is 0 Å². The number of carbonyl (C=O) groups is 2. The number of amides is 2. The van der Waals surface area contributed by atoms with Crippen LogP contribution < -0.4 is 15.0 Å². The average Bonchev–Trinajstić information content (AvgIpc) is 2.45. The molecule has 110 valence electrons. The Labute approximate surface area is 116 Å². The van der Waals surface area contributed by atoms with Gasteiger partial charge in [-0.05, 0) is 12.1 Å². The molecule has 0 aliphatic rings. The van der Waals surface area contributed by atoms with Crippen LogP contribution in [0.3, 0.4) is 0 Å². The summed E-state index contributed by atoms with van der Waals surface area (Å²) >= 11 is 0. The van der Waals surface area contributed by atoms with Crippen molar-refractivity contribution >= 4 is 17.7 Å². The summed E-state index contributed by atoms with van der Waals surface area (Å²) in [5.74, 6) is -0.598. The number of aliphatic hydroxyl groups is 1. The molecule has 1 rings (SSSR count). The van der Waals surface area contributed by atoms with Gasteiger partial charge in [0.05, 0.1) is 7.11 Å². The molecular formula is C13H18N2O5. The Balaban J connectivity index is 2.77. The number of urea groups is 1. The molecule has 0 saturated heterocycles. The molecule has 7 heteroatoms. The summed E-state index contributed by atoms with van der Waals surface area (Å²) in [7, 11) is 3.03. The van der Waals surface area contributed by atoms with Crippen molar-refractivity contribution in [1.82, 2.24) is 5.32 Å². The van der Waals surface area contributed by atoms with Crippen LogP contribution in [0.1, 0.15) is 6.42 Å². The van der Waals surface area contributed by atoms with Crippen LogP contribution in [0.5, 0.6) is 5.75 Å². The minimum absolute atomic E-state index is 0.0486. The van der Waals surface area contributed by atoms with Gasteiger partial charge in [-0.15, -0.1) is 0 Å². The first kappa shape index (κ1) is 15.8. The smallest absolute Gasteiger partial charge is 0.326 e. The standard InChI is InChI=1S/C13H18N2O5/c1-15(9-4-3-5-10(8-9)20-2)13(19)14-11(6-7-16)12(17)18/h3-5,8,11,16H,6-7H2,1-2H3,(H,14,19)(H,17,18)/t11-/m0/s1. The van der Waals surface area contributed by atoms with Gasteiger partial charge in [-0.2, -0.15) is 0 Å². The fourth-order valence-corrected chi connectivity index (χ4v) is 1.57. The molecular weight excluding hydrogens is 264 g/mol. The third kappa shape index (κ3) is 4.13. The minimum atomic E-state index is -1.19. The fraction of sp³-hybridized carbons (Fsp3) is 0.385. The fourth-order valence-electron chi connectivity index (χ4n) is 1.57. The van der Waals surface area contributed by atoms with Gasteiger partial charge in [0.25, 0.3) is 0 Å². The van der Waals surface area contributed by atoms with Gasteiger partial charge in [0.1, 0.15) is 11.8 Å². The molecule has 0 radical (unpaired) electrons. The third-order valence-electron chi connectivity index (χ3n) is 2.76. The SMILES string of the molecule is COc1cccc(N(C)C(=O)N[C@@H](CCO)C(=O)O)c1. The largest absolute Gasteiger partial charge is 0.497 e. The molecule has 1 atom stereocenters. The molecule has 0 aliphatic carbocycles. The van der Waals surface area contributed by atoms with E-state index in [0.29, 0.717) is 11.4 Å². The molecule has 2 amide bonds.